The number of hydrogen-bond donors (Lipinski definition) is 5. The quantitative estimate of drug-likeness (QED) is 0.107. The monoisotopic (exact) mass is 661 g/mol. The first-order valence-electron chi connectivity index (χ1n) is 13.6. The Hall–Kier alpha value is -4.16. The number of aromatic amines is 2. The zero-order valence-electron chi connectivity index (χ0n) is 25.5. The fourth-order valence-corrected chi connectivity index (χ4v) is 4.11. The van der Waals surface area contributed by atoms with Gasteiger partial charge < -0.3 is 16.4 Å². The molecule has 2 aromatic heterocycles. The average molecular weight is 662 g/mol. The number of nitrogens with one attached hydrogen (secondary N) is 4. The van der Waals surface area contributed by atoms with E-state index in [1.807, 2.05) is 41.5 Å². The number of anilines is 2. The molecule has 45 heavy (non-hydrogen) atoms. The van der Waals surface area contributed by atoms with Gasteiger partial charge in [0.1, 0.15) is 17.5 Å². The van der Waals surface area contributed by atoms with Crippen LogP contribution >= 0.6 is 23.8 Å². The lowest BCUT2D eigenvalue weighted by atomic mass is 9.92. The molecule has 13 heteroatoms. The highest BCUT2D eigenvalue weighted by atomic mass is 35.5. The SMILES string of the molecule is C.CC(C)(C)CC(=O)Cl.CC(C)(C)CC(=O)NC(=S)Nc1cc(-c2ccc(F)cc2)[nH]n1.Nc1cc(-c2ccc(F)cc2)[nH]n1. The van der Waals surface area contributed by atoms with Crippen LogP contribution in [0.2, 0.25) is 0 Å². The Morgan fingerprint density at radius 1 is 0.822 bits per heavy atom. The summed E-state index contributed by atoms with van der Waals surface area (Å²) in [6.45, 7) is 11.9. The van der Waals surface area contributed by atoms with Crippen molar-refractivity contribution in [1.82, 2.24) is 25.7 Å². The maximum Gasteiger partial charge on any atom is 0.226 e. The van der Waals surface area contributed by atoms with Crippen LogP contribution in [-0.4, -0.2) is 36.7 Å². The minimum atomic E-state index is -0.297. The first-order chi connectivity index (χ1) is 20.4. The molecule has 4 aromatic rings. The number of rotatable bonds is 5. The Labute approximate surface area is 273 Å². The second kappa shape index (κ2) is 17.4. The zero-order chi connectivity index (χ0) is 33.1. The highest BCUT2D eigenvalue weighted by molar-refractivity contribution is 7.80. The standard InChI is InChI=1S/C16H19FN4OS.C9H8FN3.C6H11ClO.CH4/c1-16(2,3)9-14(22)19-15(23)18-13-8-12(20-21-13)10-4-6-11(17)7-5-10;10-7-3-1-6(2-4-7)8-5-9(11)13-12-8;1-6(2,3)4-5(7)8;/h4-8H,9H2,1-3H3,(H3,18,19,20,21,22,23);1-5H,(H3,11,12,13);4H2,1-3H3;1H4. The van der Waals surface area contributed by atoms with Gasteiger partial charge in [-0.25, -0.2) is 8.78 Å². The summed E-state index contributed by atoms with van der Waals surface area (Å²) < 4.78 is 25.5. The van der Waals surface area contributed by atoms with E-state index < -0.39 is 0 Å². The van der Waals surface area contributed by atoms with E-state index in [4.69, 9.17) is 29.6 Å². The summed E-state index contributed by atoms with van der Waals surface area (Å²) in [4.78, 5) is 22.0. The van der Waals surface area contributed by atoms with Crippen LogP contribution in [0, 0.1) is 22.5 Å². The van der Waals surface area contributed by atoms with Crippen LogP contribution in [0.3, 0.4) is 0 Å². The van der Waals surface area contributed by atoms with E-state index >= 15 is 0 Å². The van der Waals surface area contributed by atoms with Gasteiger partial charge in [0.25, 0.3) is 0 Å². The number of nitrogens with zero attached hydrogens (tertiary/aromatic N) is 2. The van der Waals surface area contributed by atoms with Crippen LogP contribution in [0.4, 0.5) is 20.4 Å². The van der Waals surface area contributed by atoms with Crippen molar-refractivity contribution in [2.24, 2.45) is 10.8 Å². The second-order valence-corrected chi connectivity index (χ2v) is 13.0. The van der Waals surface area contributed by atoms with Gasteiger partial charge in [0.05, 0.1) is 11.4 Å². The summed E-state index contributed by atoms with van der Waals surface area (Å²) in [6, 6.07) is 15.6. The highest BCUT2D eigenvalue weighted by Gasteiger charge is 2.17. The Morgan fingerprint density at radius 3 is 1.64 bits per heavy atom. The number of hydrogen-bond acceptors (Lipinski definition) is 6. The van der Waals surface area contributed by atoms with Gasteiger partial charge in [-0.05, 0) is 94.3 Å². The summed E-state index contributed by atoms with van der Waals surface area (Å²) in [5, 5.41) is 18.8. The van der Waals surface area contributed by atoms with Crippen LogP contribution in [0.1, 0.15) is 61.8 Å². The Balaban J connectivity index is 0.000000386. The molecule has 0 fully saturated rings. The molecule has 0 aliphatic carbocycles. The topological polar surface area (TPSA) is 142 Å². The van der Waals surface area contributed by atoms with Crippen molar-refractivity contribution < 1.29 is 18.4 Å². The first-order valence-corrected chi connectivity index (χ1v) is 14.4. The molecule has 1 amide bonds. The number of benzene rings is 2. The molecule has 2 heterocycles. The molecule has 0 spiro atoms. The molecule has 0 saturated carbocycles. The fourth-order valence-electron chi connectivity index (χ4n) is 3.49. The van der Waals surface area contributed by atoms with Gasteiger partial charge in [-0.1, -0.05) is 49.0 Å². The second-order valence-electron chi connectivity index (χ2n) is 12.2. The molecule has 2 aromatic carbocycles. The minimum Gasteiger partial charge on any atom is -0.382 e. The van der Waals surface area contributed by atoms with E-state index in [0.717, 1.165) is 22.5 Å². The number of H-pyrrole nitrogens is 2. The lowest BCUT2D eigenvalue weighted by molar-refractivity contribution is -0.121. The number of halogens is 3. The lowest BCUT2D eigenvalue weighted by Gasteiger charge is -2.17. The molecule has 6 N–H and O–H groups in total. The number of nitrogen functional groups attached to an aromatic ring is 1. The largest absolute Gasteiger partial charge is 0.382 e. The minimum absolute atomic E-state index is 0. The molecular weight excluding hydrogens is 620 g/mol. The molecule has 0 atom stereocenters. The average Bonchev–Trinajstić information content (AvgIpc) is 3.52. The summed E-state index contributed by atoms with van der Waals surface area (Å²) in [5.41, 5.74) is 8.54. The molecule has 244 valence electrons. The number of aromatic nitrogens is 4. The van der Waals surface area contributed by atoms with Gasteiger partial charge in [0, 0.05) is 25.0 Å². The van der Waals surface area contributed by atoms with E-state index in [0.29, 0.717) is 24.5 Å². The number of amides is 1. The van der Waals surface area contributed by atoms with Crippen molar-refractivity contribution in [3.63, 3.8) is 0 Å². The van der Waals surface area contributed by atoms with E-state index in [9.17, 15) is 18.4 Å². The van der Waals surface area contributed by atoms with Crippen LogP contribution in [0.25, 0.3) is 22.5 Å². The Kier molecular flexibility index (Phi) is 15.0. The van der Waals surface area contributed by atoms with Crippen LogP contribution in [0.15, 0.2) is 60.7 Å². The molecule has 0 aliphatic heterocycles. The zero-order valence-corrected chi connectivity index (χ0v) is 27.1. The molecule has 0 unspecified atom stereocenters. The number of thiocarbonyl (C=S) groups is 1. The van der Waals surface area contributed by atoms with E-state index in [1.165, 1.54) is 24.3 Å². The maximum absolute atomic E-state index is 12.9. The molecule has 0 radical (unpaired) electrons. The van der Waals surface area contributed by atoms with Crippen LogP contribution in [-0.2, 0) is 9.59 Å². The molecule has 0 aliphatic rings. The molecular formula is C32H42ClF2N7O2S. The van der Waals surface area contributed by atoms with Gasteiger partial charge in [-0.15, -0.1) is 0 Å². The third-order valence-electron chi connectivity index (χ3n) is 5.34. The van der Waals surface area contributed by atoms with E-state index in [-0.39, 0.29) is 46.2 Å². The Bertz CT molecular complexity index is 1520. The predicted octanol–water partition coefficient (Wildman–Crippen LogP) is 8.09. The fraction of sp³-hybridized carbons (Fsp3) is 0.344. The summed E-state index contributed by atoms with van der Waals surface area (Å²) in [7, 11) is 0. The van der Waals surface area contributed by atoms with Gasteiger partial charge in [-0.3, -0.25) is 19.8 Å². The maximum atomic E-state index is 12.9. The van der Waals surface area contributed by atoms with Crippen molar-refractivity contribution in [3.8, 4) is 22.5 Å². The highest BCUT2D eigenvalue weighted by Crippen LogP contribution is 2.21. The van der Waals surface area contributed by atoms with Crippen LogP contribution < -0.4 is 16.4 Å². The smallest absolute Gasteiger partial charge is 0.226 e. The van der Waals surface area contributed by atoms with E-state index in [2.05, 4.69) is 31.0 Å². The number of carbonyl (C=O) groups excluding carboxylic acids is 2. The van der Waals surface area contributed by atoms with Gasteiger partial charge in [0.2, 0.25) is 11.1 Å². The molecule has 0 bridgehead atoms. The number of nitrogens with two attached hydrogens (primary N) is 1. The predicted molar refractivity (Wildman–Crippen MR) is 182 cm³/mol. The summed E-state index contributed by atoms with van der Waals surface area (Å²) in [5.74, 6) is 0.208. The van der Waals surface area contributed by atoms with Gasteiger partial charge in [-0.2, -0.15) is 10.2 Å². The third-order valence-corrected chi connectivity index (χ3v) is 5.68. The molecule has 0 saturated heterocycles. The van der Waals surface area contributed by atoms with Gasteiger partial charge in [0.15, 0.2) is 10.9 Å². The molecule has 9 nitrogen and oxygen atoms in total. The number of carbonyl (C=O) groups is 2. The van der Waals surface area contributed by atoms with Crippen molar-refractivity contribution in [1.29, 1.82) is 0 Å². The normalized spacial score (nSPS) is 10.7. The van der Waals surface area contributed by atoms with Crippen molar-refractivity contribution in [2.75, 3.05) is 11.1 Å². The summed E-state index contributed by atoms with van der Waals surface area (Å²) >= 11 is 10.2. The van der Waals surface area contributed by atoms with E-state index in [1.54, 1.807) is 36.4 Å². The van der Waals surface area contributed by atoms with Crippen molar-refractivity contribution in [3.05, 3.63) is 72.3 Å². The third kappa shape index (κ3) is 15.9. The summed E-state index contributed by atoms with van der Waals surface area (Å²) in [6.07, 6.45) is 0.824. The van der Waals surface area contributed by atoms with Crippen molar-refractivity contribution in [2.45, 2.75) is 61.8 Å². The molecule has 4 rings (SSSR count). The lowest BCUT2D eigenvalue weighted by Crippen LogP contribution is -2.36. The van der Waals surface area contributed by atoms with Gasteiger partial charge >= 0.3 is 0 Å². The van der Waals surface area contributed by atoms with Crippen LogP contribution in [0.5, 0.6) is 0 Å². The van der Waals surface area contributed by atoms with Crippen molar-refractivity contribution >= 4 is 51.7 Å². The first kappa shape index (κ1) is 38.9. The Morgan fingerprint density at radius 2 is 1.27 bits per heavy atom.